The normalized spacial score (nSPS) is 27.5. The topological polar surface area (TPSA) is 32.3 Å². The van der Waals surface area contributed by atoms with E-state index in [-0.39, 0.29) is 18.4 Å². The van der Waals surface area contributed by atoms with Gasteiger partial charge < -0.3 is 10.2 Å². The number of carbonyl (C=O) groups excluding carboxylic acids is 1. The third-order valence-electron chi connectivity index (χ3n) is 3.81. The number of nitrogens with zero attached hydrogens (tertiary/aromatic N) is 1. The van der Waals surface area contributed by atoms with E-state index in [2.05, 4.69) is 5.32 Å². The second-order valence-electron chi connectivity index (χ2n) is 5.05. The summed E-state index contributed by atoms with van der Waals surface area (Å²) >= 11 is 0. The van der Waals surface area contributed by atoms with Crippen LogP contribution in [0.15, 0.2) is 0 Å². The predicted octanol–water partition coefficient (Wildman–Crippen LogP) is 1.49. The fourth-order valence-electron chi connectivity index (χ4n) is 2.74. The number of nitrogens with one attached hydrogen (secondary N) is 1. The highest BCUT2D eigenvalue weighted by atomic mass is 19.3. The number of alkyl halides is 2. The van der Waals surface area contributed by atoms with E-state index in [1.807, 2.05) is 0 Å². The van der Waals surface area contributed by atoms with Crippen molar-refractivity contribution < 1.29 is 13.6 Å². The minimum Gasteiger partial charge on any atom is -0.342 e. The van der Waals surface area contributed by atoms with Crippen molar-refractivity contribution in [3.05, 3.63) is 0 Å². The maximum atomic E-state index is 12.7. The molecule has 0 aromatic carbocycles. The summed E-state index contributed by atoms with van der Waals surface area (Å²) in [5.74, 6) is -0.473. The van der Waals surface area contributed by atoms with E-state index in [1.165, 1.54) is 0 Å². The van der Waals surface area contributed by atoms with Crippen LogP contribution in [0.3, 0.4) is 0 Å². The van der Waals surface area contributed by atoms with E-state index in [4.69, 9.17) is 0 Å². The molecule has 0 spiro atoms. The number of hydrogen-bond donors (Lipinski definition) is 1. The average Bonchev–Trinajstić information content (AvgIpc) is 2.39. The molecule has 1 unspecified atom stereocenters. The van der Waals surface area contributed by atoms with Crippen LogP contribution in [0.25, 0.3) is 0 Å². The maximum Gasteiger partial charge on any atom is 0.243 e. The van der Waals surface area contributed by atoms with E-state index in [9.17, 15) is 13.6 Å². The number of piperidine rings is 2. The van der Waals surface area contributed by atoms with E-state index >= 15 is 0 Å². The fraction of sp³-hybridized carbons (Fsp3) is 0.917. The van der Waals surface area contributed by atoms with Gasteiger partial charge in [-0.2, -0.15) is 0 Å². The molecule has 5 heteroatoms. The molecule has 1 N–H and O–H groups in total. The molecular formula is C12H20F2N2O. The summed E-state index contributed by atoms with van der Waals surface area (Å²) < 4.78 is 25.3. The number of rotatable bonds is 2. The number of carbonyl (C=O) groups is 1. The zero-order valence-corrected chi connectivity index (χ0v) is 10.0. The second kappa shape index (κ2) is 5.76. The molecule has 2 aliphatic rings. The largest absolute Gasteiger partial charge is 0.342 e. The van der Waals surface area contributed by atoms with Crippen molar-refractivity contribution in [1.82, 2.24) is 10.2 Å². The Morgan fingerprint density at radius 3 is 2.59 bits per heavy atom. The molecule has 0 aliphatic carbocycles. The van der Waals surface area contributed by atoms with Gasteiger partial charge >= 0.3 is 0 Å². The summed E-state index contributed by atoms with van der Waals surface area (Å²) in [5, 5.41) is 3.21. The smallest absolute Gasteiger partial charge is 0.243 e. The minimum atomic E-state index is -2.29. The molecule has 2 aliphatic heterocycles. The zero-order valence-electron chi connectivity index (χ0n) is 10.0. The van der Waals surface area contributed by atoms with Crippen molar-refractivity contribution in [2.75, 3.05) is 26.2 Å². The van der Waals surface area contributed by atoms with Crippen LogP contribution < -0.4 is 5.32 Å². The van der Waals surface area contributed by atoms with Gasteiger partial charge in [0.1, 0.15) is 0 Å². The van der Waals surface area contributed by atoms with Crippen molar-refractivity contribution >= 4 is 5.91 Å². The lowest BCUT2D eigenvalue weighted by Crippen LogP contribution is -2.46. The molecule has 2 saturated heterocycles. The van der Waals surface area contributed by atoms with Crippen LogP contribution in [0.1, 0.15) is 25.7 Å². The second-order valence-corrected chi connectivity index (χ2v) is 5.05. The SMILES string of the molecule is O=C(C1CCNCC1)N1CCCC(C(F)F)C1. The molecular weight excluding hydrogens is 226 g/mol. The molecule has 98 valence electrons. The first-order chi connectivity index (χ1) is 8.18. The van der Waals surface area contributed by atoms with E-state index in [0.717, 1.165) is 25.9 Å². The Morgan fingerprint density at radius 1 is 1.24 bits per heavy atom. The number of amides is 1. The highest BCUT2D eigenvalue weighted by Crippen LogP contribution is 2.25. The van der Waals surface area contributed by atoms with E-state index in [1.54, 1.807) is 4.90 Å². The van der Waals surface area contributed by atoms with Crippen molar-refractivity contribution in [1.29, 1.82) is 0 Å². The van der Waals surface area contributed by atoms with Gasteiger partial charge in [-0.05, 0) is 38.8 Å². The van der Waals surface area contributed by atoms with Crippen LogP contribution >= 0.6 is 0 Å². The minimum absolute atomic E-state index is 0.0488. The van der Waals surface area contributed by atoms with Crippen LogP contribution in [-0.4, -0.2) is 43.4 Å². The van der Waals surface area contributed by atoms with Crippen molar-refractivity contribution in [2.45, 2.75) is 32.1 Å². The van der Waals surface area contributed by atoms with Gasteiger partial charge in [0, 0.05) is 24.9 Å². The molecule has 1 atom stereocenters. The van der Waals surface area contributed by atoms with Crippen molar-refractivity contribution in [3.63, 3.8) is 0 Å². The summed E-state index contributed by atoms with van der Waals surface area (Å²) in [5.41, 5.74) is 0. The first-order valence-corrected chi connectivity index (χ1v) is 6.46. The lowest BCUT2D eigenvalue weighted by atomic mass is 9.93. The molecule has 2 rings (SSSR count). The third-order valence-corrected chi connectivity index (χ3v) is 3.81. The van der Waals surface area contributed by atoms with Crippen LogP contribution in [0.2, 0.25) is 0 Å². The van der Waals surface area contributed by atoms with Crippen LogP contribution in [0, 0.1) is 11.8 Å². The monoisotopic (exact) mass is 246 g/mol. The molecule has 0 aromatic rings. The van der Waals surface area contributed by atoms with Gasteiger partial charge in [0.15, 0.2) is 0 Å². The van der Waals surface area contributed by atoms with Crippen LogP contribution in [0.5, 0.6) is 0 Å². The Hall–Kier alpha value is -0.710. The Morgan fingerprint density at radius 2 is 1.94 bits per heavy atom. The van der Waals surface area contributed by atoms with Gasteiger partial charge in [0.25, 0.3) is 0 Å². The lowest BCUT2D eigenvalue weighted by Gasteiger charge is -2.35. The Kier molecular flexibility index (Phi) is 4.31. The first-order valence-electron chi connectivity index (χ1n) is 6.46. The zero-order chi connectivity index (χ0) is 12.3. The standard InChI is InChI=1S/C12H20F2N2O/c13-11(14)10-2-1-7-16(8-10)12(17)9-3-5-15-6-4-9/h9-11,15H,1-8H2. The number of halogens is 2. The molecule has 0 saturated carbocycles. The molecule has 0 aromatic heterocycles. The van der Waals surface area contributed by atoms with Gasteiger partial charge in [-0.25, -0.2) is 8.78 Å². The molecule has 17 heavy (non-hydrogen) atoms. The third kappa shape index (κ3) is 3.15. The molecule has 3 nitrogen and oxygen atoms in total. The summed E-state index contributed by atoms with van der Waals surface area (Å²) in [6, 6.07) is 0. The van der Waals surface area contributed by atoms with Gasteiger partial charge in [-0.1, -0.05) is 0 Å². The average molecular weight is 246 g/mol. The summed E-state index contributed by atoms with van der Waals surface area (Å²) in [4.78, 5) is 13.8. The summed E-state index contributed by atoms with van der Waals surface area (Å²) in [7, 11) is 0. The van der Waals surface area contributed by atoms with Gasteiger partial charge in [-0.15, -0.1) is 0 Å². The van der Waals surface area contributed by atoms with E-state index in [0.29, 0.717) is 19.4 Å². The van der Waals surface area contributed by atoms with E-state index < -0.39 is 12.3 Å². The lowest BCUT2D eigenvalue weighted by molar-refractivity contribution is -0.139. The van der Waals surface area contributed by atoms with Gasteiger partial charge in [-0.3, -0.25) is 4.79 Å². The van der Waals surface area contributed by atoms with Crippen LogP contribution in [-0.2, 0) is 4.79 Å². The highest BCUT2D eigenvalue weighted by molar-refractivity contribution is 5.79. The Balaban J connectivity index is 1.89. The number of hydrogen-bond acceptors (Lipinski definition) is 2. The van der Waals surface area contributed by atoms with Crippen molar-refractivity contribution in [2.24, 2.45) is 11.8 Å². The molecule has 0 bridgehead atoms. The van der Waals surface area contributed by atoms with Crippen molar-refractivity contribution in [3.8, 4) is 0 Å². The Labute approximate surface area is 101 Å². The molecule has 0 radical (unpaired) electrons. The predicted molar refractivity (Wildman–Crippen MR) is 60.9 cm³/mol. The Bertz CT molecular complexity index is 267. The fourth-order valence-corrected chi connectivity index (χ4v) is 2.74. The summed E-state index contributed by atoms with van der Waals surface area (Å²) in [6.07, 6.45) is 0.654. The molecule has 2 fully saturated rings. The summed E-state index contributed by atoms with van der Waals surface area (Å²) in [6.45, 7) is 2.64. The number of likely N-dealkylation sites (tertiary alicyclic amines) is 1. The molecule has 2 heterocycles. The maximum absolute atomic E-state index is 12.7. The molecule has 1 amide bonds. The van der Waals surface area contributed by atoms with Gasteiger partial charge in [0.2, 0.25) is 12.3 Å². The van der Waals surface area contributed by atoms with Gasteiger partial charge in [0.05, 0.1) is 0 Å². The quantitative estimate of drug-likeness (QED) is 0.800. The van der Waals surface area contributed by atoms with Crippen LogP contribution in [0.4, 0.5) is 8.78 Å². The highest BCUT2D eigenvalue weighted by Gasteiger charge is 2.32. The first kappa shape index (κ1) is 12.7.